The summed E-state index contributed by atoms with van der Waals surface area (Å²) in [5.41, 5.74) is 8.57. The minimum atomic E-state index is -0.449. The minimum Gasteiger partial charge on any atom is -0.464 e. The average molecular weight is 241 g/mol. The van der Waals surface area contributed by atoms with Gasteiger partial charge in [-0.2, -0.15) is 0 Å². The molecule has 5 nitrogen and oxygen atoms in total. The van der Waals surface area contributed by atoms with Crippen LogP contribution in [0.1, 0.15) is 10.5 Å². The van der Waals surface area contributed by atoms with Gasteiger partial charge in [0.05, 0.1) is 18.8 Å². The van der Waals surface area contributed by atoms with Gasteiger partial charge in [-0.25, -0.2) is 9.78 Å². The summed E-state index contributed by atoms with van der Waals surface area (Å²) in [6.45, 7) is 0. The number of nitrogen functional groups attached to an aromatic ring is 1. The summed E-state index contributed by atoms with van der Waals surface area (Å²) in [5.74, 6) is -0.449. The number of nitrogens with zero attached hydrogens (tertiary/aromatic N) is 1. The van der Waals surface area contributed by atoms with Gasteiger partial charge in [-0.1, -0.05) is 0 Å². The number of esters is 1. The van der Waals surface area contributed by atoms with Crippen molar-refractivity contribution in [1.29, 1.82) is 0 Å². The predicted octanol–water partition coefficient (Wildman–Crippen LogP) is 2.08. The van der Waals surface area contributed by atoms with Gasteiger partial charge in [0.1, 0.15) is 5.69 Å². The Morgan fingerprint density at radius 1 is 1.28 bits per heavy atom. The molecule has 18 heavy (non-hydrogen) atoms. The minimum absolute atomic E-state index is 0.285. The summed E-state index contributed by atoms with van der Waals surface area (Å²) in [7, 11) is 1.33. The topological polar surface area (TPSA) is 81.0 Å². The third-order valence-electron chi connectivity index (χ3n) is 2.90. The molecule has 0 aliphatic heterocycles. The molecule has 3 N–H and O–H groups in total. The van der Waals surface area contributed by atoms with Gasteiger partial charge in [0.2, 0.25) is 0 Å². The van der Waals surface area contributed by atoms with Crippen molar-refractivity contribution in [3.63, 3.8) is 0 Å². The molecule has 0 atom stereocenters. The van der Waals surface area contributed by atoms with E-state index in [1.54, 1.807) is 12.3 Å². The zero-order valence-corrected chi connectivity index (χ0v) is 9.73. The summed E-state index contributed by atoms with van der Waals surface area (Å²) >= 11 is 0. The number of nitrogens with two attached hydrogens (primary N) is 1. The number of aromatic nitrogens is 2. The first-order valence-electron chi connectivity index (χ1n) is 5.44. The number of carbonyl (C=O) groups is 1. The fraction of sp³-hybridized carbons (Fsp3) is 0.0769. The Labute approximate surface area is 103 Å². The number of nitrogens with one attached hydrogen (secondary N) is 1. The average Bonchev–Trinajstić information content (AvgIpc) is 2.75. The molecule has 5 heteroatoms. The van der Waals surface area contributed by atoms with Crippen LogP contribution in [0.4, 0.5) is 5.69 Å². The summed E-state index contributed by atoms with van der Waals surface area (Å²) in [6, 6.07) is 7.31. The zero-order chi connectivity index (χ0) is 12.7. The highest BCUT2D eigenvalue weighted by Gasteiger charge is 2.11. The Balaban J connectivity index is 2.34. The molecule has 0 saturated heterocycles. The lowest BCUT2D eigenvalue weighted by molar-refractivity contribution is 0.0594. The second kappa shape index (κ2) is 3.73. The predicted molar refractivity (Wildman–Crippen MR) is 69.4 cm³/mol. The van der Waals surface area contributed by atoms with Crippen molar-refractivity contribution in [3.05, 3.63) is 36.2 Å². The number of benzene rings is 1. The molecule has 0 spiro atoms. The van der Waals surface area contributed by atoms with Crippen LogP contribution in [-0.2, 0) is 4.74 Å². The van der Waals surface area contributed by atoms with Gasteiger partial charge in [-0.05, 0) is 24.3 Å². The van der Waals surface area contributed by atoms with Crippen LogP contribution in [0.2, 0.25) is 0 Å². The highest BCUT2D eigenvalue weighted by molar-refractivity contribution is 6.09. The quantitative estimate of drug-likeness (QED) is 0.505. The number of ether oxygens (including phenoxy) is 1. The molecule has 0 radical (unpaired) electrons. The van der Waals surface area contributed by atoms with E-state index in [1.165, 1.54) is 7.11 Å². The van der Waals surface area contributed by atoms with Crippen LogP contribution in [0.25, 0.3) is 21.8 Å². The van der Waals surface area contributed by atoms with Gasteiger partial charge in [-0.15, -0.1) is 0 Å². The van der Waals surface area contributed by atoms with E-state index in [0.29, 0.717) is 5.69 Å². The second-order valence-corrected chi connectivity index (χ2v) is 4.04. The van der Waals surface area contributed by atoms with E-state index in [-0.39, 0.29) is 5.69 Å². The van der Waals surface area contributed by atoms with Crippen LogP contribution < -0.4 is 5.73 Å². The molecule has 3 aromatic rings. The Hall–Kier alpha value is -2.56. The monoisotopic (exact) mass is 241 g/mol. The lowest BCUT2D eigenvalue weighted by atomic mass is 10.1. The molecular formula is C13H11N3O2. The van der Waals surface area contributed by atoms with Crippen molar-refractivity contribution in [3.8, 4) is 0 Å². The molecule has 0 saturated carbocycles. The van der Waals surface area contributed by atoms with E-state index in [0.717, 1.165) is 21.8 Å². The molecule has 3 rings (SSSR count). The maximum atomic E-state index is 11.5. The normalized spacial score (nSPS) is 10.9. The SMILES string of the molecule is COC(=O)c1cc2c(cn1)[nH]c1ccc(N)cc12. The maximum absolute atomic E-state index is 11.5. The number of carbonyl (C=O) groups excluding carboxylic acids is 1. The molecule has 1 aromatic carbocycles. The summed E-state index contributed by atoms with van der Waals surface area (Å²) in [4.78, 5) is 18.7. The number of aromatic amines is 1. The molecule has 0 bridgehead atoms. The van der Waals surface area contributed by atoms with Crippen LogP contribution in [0, 0.1) is 0 Å². The van der Waals surface area contributed by atoms with Gasteiger partial charge in [0.25, 0.3) is 0 Å². The molecule has 0 aliphatic carbocycles. The molecule has 0 aliphatic rings. The molecule has 90 valence electrons. The Morgan fingerprint density at radius 2 is 2.06 bits per heavy atom. The van der Waals surface area contributed by atoms with Crippen LogP contribution >= 0.6 is 0 Å². The lowest BCUT2D eigenvalue weighted by Crippen LogP contribution is -2.03. The first-order valence-corrected chi connectivity index (χ1v) is 5.44. The number of rotatable bonds is 1. The smallest absolute Gasteiger partial charge is 0.356 e. The van der Waals surface area contributed by atoms with Gasteiger partial charge < -0.3 is 15.5 Å². The number of pyridine rings is 1. The van der Waals surface area contributed by atoms with Crippen molar-refractivity contribution in [2.24, 2.45) is 0 Å². The molecule has 2 aromatic heterocycles. The fourth-order valence-corrected chi connectivity index (χ4v) is 2.03. The zero-order valence-electron chi connectivity index (χ0n) is 9.73. The Morgan fingerprint density at radius 3 is 2.83 bits per heavy atom. The largest absolute Gasteiger partial charge is 0.464 e. The molecule has 0 amide bonds. The highest BCUT2D eigenvalue weighted by atomic mass is 16.5. The number of H-pyrrole nitrogens is 1. The number of fused-ring (bicyclic) bond motifs is 3. The summed E-state index contributed by atoms with van der Waals surface area (Å²) < 4.78 is 4.66. The fourth-order valence-electron chi connectivity index (χ4n) is 2.03. The van der Waals surface area contributed by atoms with Crippen molar-refractivity contribution in [2.75, 3.05) is 12.8 Å². The summed E-state index contributed by atoms with van der Waals surface area (Å²) in [6.07, 6.45) is 1.62. The molecular weight excluding hydrogens is 230 g/mol. The third-order valence-corrected chi connectivity index (χ3v) is 2.90. The first-order chi connectivity index (χ1) is 8.69. The number of hydrogen-bond acceptors (Lipinski definition) is 4. The second-order valence-electron chi connectivity index (χ2n) is 4.04. The molecule has 2 heterocycles. The molecule has 0 fully saturated rings. The highest BCUT2D eigenvalue weighted by Crippen LogP contribution is 2.27. The van der Waals surface area contributed by atoms with Crippen molar-refractivity contribution < 1.29 is 9.53 Å². The Kier molecular flexibility index (Phi) is 2.19. The van der Waals surface area contributed by atoms with Crippen LogP contribution in [0.5, 0.6) is 0 Å². The lowest BCUT2D eigenvalue weighted by Gasteiger charge is -1.98. The van der Waals surface area contributed by atoms with E-state index in [2.05, 4.69) is 14.7 Å². The van der Waals surface area contributed by atoms with Crippen LogP contribution in [0.3, 0.4) is 0 Å². The van der Waals surface area contributed by atoms with Gasteiger partial charge in [-0.3, -0.25) is 0 Å². The van der Waals surface area contributed by atoms with E-state index < -0.39 is 5.97 Å². The number of hydrogen-bond donors (Lipinski definition) is 2. The van der Waals surface area contributed by atoms with Crippen molar-refractivity contribution in [1.82, 2.24) is 9.97 Å². The van der Waals surface area contributed by atoms with E-state index >= 15 is 0 Å². The Bertz CT molecular complexity index is 761. The van der Waals surface area contributed by atoms with E-state index in [1.807, 2.05) is 18.2 Å². The van der Waals surface area contributed by atoms with Gasteiger partial charge in [0.15, 0.2) is 0 Å². The van der Waals surface area contributed by atoms with E-state index in [9.17, 15) is 4.79 Å². The number of methoxy groups -OCH3 is 1. The van der Waals surface area contributed by atoms with Crippen molar-refractivity contribution in [2.45, 2.75) is 0 Å². The van der Waals surface area contributed by atoms with E-state index in [4.69, 9.17) is 5.73 Å². The van der Waals surface area contributed by atoms with Crippen molar-refractivity contribution >= 4 is 33.5 Å². The maximum Gasteiger partial charge on any atom is 0.356 e. The third kappa shape index (κ3) is 1.48. The van der Waals surface area contributed by atoms with Gasteiger partial charge in [0, 0.05) is 22.0 Å². The molecule has 0 unspecified atom stereocenters. The van der Waals surface area contributed by atoms with Crippen LogP contribution in [0.15, 0.2) is 30.5 Å². The van der Waals surface area contributed by atoms with Crippen LogP contribution in [-0.4, -0.2) is 23.0 Å². The standard InChI is InChI=1S/C13H11N3O2/c1-18-13(17)11-5-9-8-4-7(14)2-3-10(8)16-12(9)6-15-11/h2-6,16H,14H2,1H3. The van der Waals surface area contributed by atoms with Gasteiger partial charge >= 0.3 is 5.97 Å². The summed E-state index contributed by atoms with van der Waals surface area (Å²) in [5, 5.41) is 1.88. The first kappa shape index (κ1) is 10.6. The number of anilines is 1.